The van der Waals surface area contributed by atoms with Crippen LogP contribution in [0.2, 0.25) is 0 Å². The molecule has 1 fully saturated rings. The molecule has 10 heteroatoms. The van der Waals surface area contributed by atoms with E-state index in [0.29, 0.717) is 46.9 Å². The van der Waals surface area contributed by atoms with Crippen molar-refractivity contribution in [1.29, 1.82) is 0 Å². The minimum Gasteiger partial charge on any atom is -0.497 e. The van der Waals surface area contributed by atoms with Crippen molar-refractivity contribution in [2.75, 3.05) is 25.5 Å². The second kappa shape index (κ2) is 9.60. The summed E-state index contributed by atoms with van der Waals surface area (Å²) >= 11 is 0. The van der Waals surface area contributed by atoms with E-state index in [4.69, 9.17) is 4.74 Å². The number of hydrogen-bond donors (Lipinski definition) is 1. The van der Waals surface area contributed by atoms with Gasteiger partial charge in [-0.2, -0.15) is 9.40 Å². The number of ether oxygens (including phenoxy) is 1. The monoisotopic (exact) mass is 519 g/mol. The number of anilines is 1. The zero-order chi connectivity index (χ0) is 26.3. The van der Waals surface area contributed by atoms with Crippen molar-refractivity contribution in [3.05, 3.63) is 71.2 Å². The lowest BCUT2D eigenvalue weighted by Gasteiger charge is -2.18. The third-order valence-electron chi connectivity index (χ3n) is 6.60. The first-order valence-corrected chi connectivity index (χ1v) is 13.6. The first-order chi connectivity index (χ1) is 17.7. The van der Waals surface area contributed by atoms with E-state index < -0.39 is 15.9 Å². The molecule has 2 aromatic carbocycles. The number of carbonyl (C=O) groups excluding carboxylic acids is 1. The Kier molecular flexibility index (Phi) is 6.47. The molecule has 1 aliphatic rings. The topological polar surface area (TPSA) is 106 Å². The van der Waals surface area contributed by atoms with E-state index in [1.54, 1.807) is 54.9 Å². The van der Waals surface area contributed by atoms with Gasteiger partial charge in [0.15, 0.2) is 11.3 Å². The van der Waals surface area contributed by atoms with E-state index >= 15 is 0 Å². The second-order valence-corrected chi connectivity index (χ2v) is 11.2. The molecular weight excluding hydrogens is 490 g/mol. The van der Waals surface area contributed by atoms with Crippen LogP contribution in [0.3, 0.4) is 0 Å². The predicted molar refractivity (Wildman–Crippen MR) is 142 cm³/mol. The van der Waals surface area contributed by atoms with Gasteiger partial charge in [0, 0.05) is 36.2 Å². The molecule has 0 unspecified atom stereocenters. The Morgan fingerprint density at radius 3 is 2.51 bits per heavy atom. The Morgan fingerprint density at radius 2 is 1.78 bits per heavy atom. The number of carbonyl (C=O) groups is 1. The zero-order valence-corrected chi connectivity index (χ0v) is 22.1. The van der Waals surface area contributed by atoms with E-state index in [0.717, 1.165) is 24.2 Å². The SMILES string of the molecule is COc1cccc(NC(=O)c2nn3c(C)cc(C)nc3c2-c2ccc(C)c(S(=O)(=O)N3CCCC3)c2)c1. The quantitative estimate of drug-likeness (QED) is 0.406. The first kappa shape index (κ1) is 24.9. The van der Waals surface area contributed by atoms with E-state index in [1.807, 2.05) is 26.0 Å². The maximum absolute atomic E-state index is 13.5. The van der Waals surface area contributed by atoms with Crippen LogP contribution in [0.5, 0.6) is 5.75 Å². The second-order valence-electron chi connectivity index (χ2n) is 9.28. The predicted octanol–water partition coefficient (Wildman–Crippen LogP) is 4.37. The third-order valence-corrected chi connectivity index (χ3v) is 8.64. The highest BCUT2D eigenvalue weighted by Crippen LogP contribution is 2.33. The van der Waals surface area contributed by atoms with Crippen molar-refractivity contribution in [3.63, 3.8) is 0 Å². The molecule has 3 heterocycles. The van der Waals surface area contributed by atoms with Gasteiger partial charge in [0.25, 0.3) is 5.91 Å². The van der Waals surface area contributed by atoms with E-state index in [-0.39, 0.29) is 10.6 Å². The standard InChI is InChI=1S/C27H29N5O4S/c1-17-10-11-20(15-23(17)37(34,35)31-12-5-6-13-31)24-25(30-32-19(3)14-18(2)28-26(24)32)27(33)29-21-8-7-9-22(16-21)36-4/h7-11,14-16H,5-6,12-13H2,1-4H3,(H,29,33). The van der Waals surface area contributed by atoms with Crippen LogP contribution in [0.15, 0.2) is 53.4 Å². The normalized spacial score (nSPS) is 14.3. The van der Waals surface area contributed by atoms with Gasteiger partial charge < -0.3 is 10.1 Å². The molecule has 0 spiro atoms. The lowest BCUT2D eigenvalue weighted by atomic mass is 10.0. The van der Waals surface area contributed by atoms with Crippen molar-refractivity contribution in [2.24, 2.45) is 0 Å². The number of fused-ring (bicyclic) bond motifs is 1. The molecule has 1 amide bonds. The molecule has 1 aliphatic heterocycles. The van der Waals surface area contributed by atoms with Gasteiger partial charge >= 0.3 is 0 Å². The zero-order valence-electron chi connectivity index (χ0n) is 21.3. The molecule has 0 aliphatic carbocycles. The van der Waals surface area contributed by atoms with E-state index in [2.05, 4.69) is 15.4 Å². The maximum Gasteiger partial charge on any atom is 0.276 e. The average molecular weight is 520 g/mol. The summed E-state index contributed by atoms with van der Waals surface area (Å²) in [5, 5.41) is 7.50. The number of sulfonamides is 1. The van der Waals surface area contributed by atoms with Crippen LogP contribution in [0.4, 0.5) is 5.69 Å². The number of benzene rings is 2. The molecule has 0 bridgehead atoms. The van der Waals surface area contributed by atoms with Gasteiger partial charge in [0.2, 0.25) is 10.0 Å². The molecule has 192 valence electrons. The summed E-state index contributed by atoms with van der Waals surface area (Å²) in [6.45, 7) is 6.57. The van der Waals surface area contributed by atoms with Crippen LogP contribution in [0, 0.1) is 20.8 Å². The van der Waals surface area contributed by atoms with Crippen LogP contribution in [-0.2, 0) is 10.0 Å². The number of hydrogen-bond acceptors (Lipinski definition) is 6. The van der Waals surface area contributed by atoms with Crippen LogP contribution in [-0.4, -0.2) is 53.4 Å². The Labute approximate surface area is 216 Å². The van der Waals surface area contributed by atoms with E-state index in [9.17, 15) is 13.2 Å². The van der Waals surface area contributed by atoms with E-state index in [1.165, 1.54) is 4.31 Å². The van der Waals surface area contributed by atoms with Gasteiger partial charge in [-0.05, 0) is 69.0 Å². The number of amides is 1. The molecule has 5 rings (SSSR count). The Bertz CT molecular complexity index is 1620. The number of nitrogens with one attached hydrogen (secondary N) is 1. The highest BCUT2D eigenvalue weighted by atomic mass is 32.2. The molecule has 0 atom stereocenters. The highest BCUT2D eigenvalue weighted by Gasteiger charge is 2.30. The summed E-state index contributed by atoms with van der Waals surface area (Å²) in [5.41, 5.74) is 4.45. The third kappa shape index (κ3) is 4.58. The molecule has 0 saturated carbocycles. The summed E-state index contributed by atoms with van der Waals surface area (Å²) in [5.74, 6) is 0.173. The van der Waals surface area contributed by atoms with Crippen molar-refractivity contribution in [3.8, 4) is 16.9 Å². The fourth-order valence-electron chi connectivity index (χ4n) is 4.74. The molecule has 9 nitrogen and oxygen atoms in total. The van der Waals surface area contributed by atoms with Crippen molar-refractivity contribution >= 4 is 27.3 Å². The van der Waals surface area contributed by atoms with Gasteiger partial charge in [-0.25, -0.2) is 17.9 Å². The molecule has 0 radical (unpaired) electrons. The van der Waals surface area contributed by atoms with Gasteiger partial charge in [-0.15, -0.1) is 0 Å². The number of aryl methyl sites for hydroxylation is 3. The average Bonchev–Trinajstić information content (AvgIpc) is 3.54. The molecule has 4 aromatic rings. The number of methoxy groups -OCH3 is 1. The molecule has 2 aromatic heterocycles. The summed E-state index contributed by atoms with van der Waals surface area (Å²) in [7, 11) is -2.11. The van der Waals surface area contributed by atoms with Crippen molar-refractivity contribution in [1.82, 2.24) is 18.9 Å². The molecule has 1 N–H and O–H groups in total. The van der Waals surface area contributed by atoms with Gasteiger partial charge in [-0.3, -0.25) is 4.79 Å². The summed E-state index contributed by atoms with van der Waals surface area (Å²) in [6.07, 6.45) is 1.70. The Balaban J connectivity index is 1.67. The van der Waals surface area contributed by atoms with Crippen LogP contribution in [0.1, 0.15) is 40.3 Å². The molecular formula is C27H29N5O4S. The van der Waals surface area contributed by atoms with Crippen molar-refractivity contribution < 1.29 is 17.9 Å². The number of nitrogens with zero attached hydrogens (tertiary/aromatic N) is 4. The summed E-state index contributed by atoms with van der Waals surface area (Å²) < 4.78 is 35.4. The fraction of sp³-hybridized carbons (Fsp3) is 0.296. The largest absolute Gasteiger partial charge is 0.497 e. The van der Waals surface area contributed by atoms with Crippen molar-refractivity contribution in [2.45, 2.75) is 38.5 Å². The Hall–Kier alpha value is -3.76. The van der Waals surface area contributed by atoms with Crippen LogP contribution < -0.4 is 10.1 Å². The summed E-state index contributed by atoms with van der Waals surface area (Å²) in [4.78, 5) is 18.5. The lowest BCUT2D eigenvalue weighted by Crippen LogP contribution is -2.28. The molecule has 1 saturated heterocycles. The minimum absolute atomic E-state index is 0.150. The first-order valence-electron chi connectivity index (χ1n) is 12.1. The number of rotatable bonds is 6. The smallest absolute Gasteiger partial charge is 0.276 e. The van der Waals surface area contributed by atoms with Crippen LogP contribution in [0.25, 0.3) is 16.8 Å². The number of aromatic nitrogens is 3. The Morgan fingerprint density at radius 1 is 1.03 bits per heavy atom. The highest BCUT2D eigenvalue weighted by molar-refractivity contribution is 7.89. The van der Waals surface area contributed by atoms with Crippen LogP contribution >= 0.6 is 0 Å². The molecule has 37 heavy (non-hydrogen) atoms. The summed E-state index contributed by atoms with van der Waals surface area (Å²) in [6, 6.07) is 14.2. The van der Waals surface area contributed by atoms with Gasteiger partial charge in [0.05, 0.1) is 17.6 Å². The lowest BCUT2D eigenvalue weighted by molar-refractivity contribution is 0.102. The maximum atomic E-state index is 13.5. The fourth-order valence-corrected chi connectivity index (χ4v) is 6.51. The van der Waals surface area contributed by atoms with Gasteiger partial charge in [-0.1, -0.05) is 18.2 Å². The van der Waals surface area contributed by atoms with Gasteiger partial charge in [0.1, 0.15) is 5.75 Å². The minimum atomic E-state index is -3.67.